The maximum absolute atomic E-state index is 12.3. The highest BCUT2D eigenvalue weighted by Crippen LogP contribution is 2.06. The Bertz CT molecular complexity index is 619. The van der Waals surface area contributed by atoms with Crippen LogP contribution in [-0.2, 0) is 13.0 Å². The van der Waals surface area contributed by atoms with E-state index >= 15 is 0 Å². The summed E-state index contributed by atoms with van der Waals surface area (Å²) in [5.74, 6) is 0.862. The van der Waals surface area contributed by atoms with E-state index in [1.807, 2.05) is 18.2 Å². The van der Waals surface area contributed by atoms with Crippen molar-refractivity contribution in [2.24, 2.45) is 5.92 Å². The summed E-state index contributed by atoms with van der Waals surface area (Å²) in [5, 5.41) is 3.23. The molecule has 1 aromatic heterocycles. The van der Waals surface area contributed by atoms with E-state index in [-0.39, 0.29) is 11.6 Å². The molecule has 4 nitrogen and oxygen atoms in total. The van der Waals surface area contributed by atoms with Gasteiger partial charge < -0.3 is 9.88 Å². The van der Waals surface area contributed by atoms with Crippen molar-refractivity contribution in [1.82, 2.24) is 9.55 Å². The molecule has 1 unspecified atom stereocenters. The van der Waals surface area contributed by atoms with Crippen molar-refractivity contribution in [3.8, 4) is 0 Å². The number of hydrogen-bond donors (Lipinski definition) is 1. The largest absolute Gasteiger partial charge is 0.363 e. The van der Waals surface area contributed by atoms with Gasteiger partial charge in [-0.25, -0.2) is 4.98 Å². The normalized spacial score (nSPS) is 12.4. The van der Waals surface area contributed by atoms with E-state index in [1.165, 1.54) is 5.56 Å². The van der Waals surface area contributed by atoms with Crippen molar-refractivity contribution in [3.63, 3.8) is 0 Å². The van der Waals surface area contributed by atoms with Crippen LogP contribution in [0, 0.1) is 5.92 Å². The van der Waals surface area contributed by atoms with Gasteiger partial charge in [0.15, 0.2) is 5.82 Å². The highest BCUT2D eigenvalue weighted by atomic mass is 16.1. The first-order chi connectivity index (χ1) is 10.1. The Hall–Kier alpha value is -2.10. The molecule has 1 atom stereocenters. The van der Waals surface area contributed by atoms with Crippen molar-refractivity contribution in [3.05, 3.63) is 58.6 Å². The molecular weight excluding hydrogens is 262 g/mol. The highest BCUT2D eigenvalue weighted by Gasteiger charge is 2.09. The quantitative estimate of drug-likeness (QED) is 0.887. The van der Waals surface area contributed by atoms with Gasteiger partial charge in [-0.2, -0.15) is 0 Å². The first-order valence-electron chi connectivity index (χ1n) is 7.42. The lowest BCUT2D eigenvalue weighted by Gasteiger charge is -2.15. The van der Waals surface area contributed by atoms with E-state index < -0.39 is 0 Å². The summed E-state index contributed by atoms with van der Waals surface area (Å²) >= 11 is 0. The van der Waals surface area contributed by atoms with Gasteiger partial charge in [-0.3, -0.25) is 4.79 Å². The molecule has 2 rings (SSSR count). The number of nitrogens with one attached hydrogen (secondary N) is 1. The zero-order chi connectivity index (χ0) is 15.2. The number of benzene rings is 1. The fourth-order valence-electron chi connectivity index (χ4n) is 2.34. The summed E-state index contributed by atoms with van der Waals surface area (Å²) < 4.78 is 1.72. The van der Waals surface area contributed by atoms with Crippen LogP contribution in [-0.4, -0.2) is 15.6 Å². The van der Waals surface area contributed by atoms with Crippen LogP contribution in [0.3, 0.4) is 0 Å². The van der Waals surface area contributed by atoms with Crippen molar-refractivity contribution in [2.45, 2.75) is 39.8 Å². The van der Waals surface area contributed by atoms with Gasteiger partial charge in [0.2, 0.25) is 0 Å². The van der Waals surface area contributed by atoms with Gasteiger partial charge in [0.05, 0.1) is 0 Å². The molecule has 1 heterocycles. The molecule has 0 aliphatic heterocycles. The van der Waals surface area contributed by atoms with Gasteiger partial charge in [-0.15, -0.1) is 0 Å². The second kappa shape index (κ2) is 7.07. The molecule has 0 fully saturated rings. The third kappa shape index (κ3) is 4.45. The molecule has 1 aromatic carbocycles. The zero-order valence-corrected chi connectivity index (χ0v) is 12.9. The SMILES string of the molecule is CC(C)Cn1ccnc(NC(C)Cc2ccccc2)c1=O. The summed E-state index contributed by atoms with van der Waals surface area (Å²) in [5.41, 5.74) is 1.20. The maximum Gasteiger partial charge on any atom is 0.293 e. The Balaban J connectivity index is 2.07. The Morgan fingerprint density at radius 1 is 1.19 bits per heavy atom. The molecule has 0 spiro atoms. The van der Waals surface area contributed by atoms with E-state index in [9.17, 15) is 4.79 Å². The zero-order valence-electron chi connectivity index (χ0n) is 12.9. The second-order valence-electron chi connectivity index (χ2n) is 5.86. The molecule has 0 aliphatic rings. The van der Waals surface area contributed by atoms with Crippen LogP contribution in [0.5, 0.6) is 0 Å². The van der Waals surface area contributed by atoms with Gasteiger partial charge in [0, 0.05) is 25.0 Å². The van der Waals surface area contributed by atoms with Crippen LogP contribution in [0.4, 0.5) is 5.82 Å². The average Bonchev–Trinajstić information content (AvgIpc) is 2.44. The van der Waals surface area contributed by atoms with Crippen LogP contribution in [0.15, 0.2) is 47.5 Å². The standard InChI is InChI=1S/C17H23N3O/c1-13(2)12-20-10-9-18-16(17(20)21)19-14(3)11-15-7-5-4-6-8-15/h4-10,13-14H,11-12H2,1-3H3,(H,18,19). The lowest BCUT2D eigenvalue weighted by Crippen LogP contribution is -2.29. The van der Waals surface area contributed by atoms with Crippen LogP contribution >= 0.6 is 0 Å². The number of rotatable bonds is 6. The molecule has 0 aliphatic carbocycles. The predicted octanol–water partition coefficient (Wildman–Crippen LogP) is 2.94. The molecule has 0 saturated carbocycles. The molecule has 0 amide bonds. The molecular formula is C17H23N3O. The Kier molecular flexibility index (Phi) is 5.14. The Morgan fingerprint density at radius 2 is 1.90 bits per heavy atom. The smallest absolute Gasteiger partial charge is 0.293 e. The molecule has 112 valence electrons. The fourth-order valence-corrected chi connectivity index (χ4v) is 2.34. The monoisotopic (exact) mass is 285 g/mol. The van der Waals surface area contributed by atoms with Crippen molar-refractivity contribution in [1.29, 1.82) is 0 Å². The predicted molar refractivity (Wildman–Crippen MR) is 86.6 cm³/mol. The summed E-state index contributed by atoms with van der Waals surface area (Å²) in [6.45, 7) is 6.97. The lowest BCUT2D eigenvalue weighted by molar-refractivity contribution is 0.509. The van der Waals surface area contributed by atoms with Crippen LogP contribution in [0.1, 0.15) is 26.3 Å². The molecule has 1 N–H and O–H groups in total. The van der Waals surface area contributed by atoms with Crippen LogP contribution < -0.4 is 10.9 Å². The topological polar surface area (TPSA) is 46.9 Å². The highest BCUT2D eigenvalue weighted by molar-refractivity contribution is 5.33. The van der Waals surface area contributed by atoms with Gasteiger partial charge >= 0.3 is 0 Å². The molecule has 2 aromatic rings. The first-order valence-corrected chi connectivity index (χ1v) is 7.42. The minimum atomic E-state index is -0.0499. The van der Waals surface area contributed by atoms with Gasteiger partial charge in [-0.05, 0) is 24.8 Å². The summed E-state index contributed by atoms with van der Waals surface area (Å²) in [4.78, 5) is 16.5. The van der Waals surface area contributed by atoms with Gasteiger partial charge in [0.25, 0.3) is 5.56 Å². The molecule has 0 bridgehead atoms. The number of anilines is 1. The third-order valence-electron chi connectivity index (χ3n) is 3.24. The third-order valence-corrected chi connectivity index (χ3v) is 3.24. The maximum atomic E-state index is 12.3. The minimum Gasteiger partial charge on any atom is -0.363 e. The summed E-state index contributed by atoms with van der Waals surface area (Å²) in [6.07, 6.45) is 4.29. The molecule has 0 saturated heterocycles. The molecule has 0 radical (unpaired) electrons. The Morgan fingerprint density at radius 3 is 2.57 bits per heavy atom. The van der Waals surface area contributed by atoms with E-state index in [0.717, 1.165) is 6.42 Å². The van der Waals surface area contributed by atoms with E-state index in [4.69, 9.17) is 0 Å². The van der Waals surface area contributed by atoms with Crippen molar-refractivity contribution in [2.75, 3.05) is 5.32 Å². The number of hydrogen-bond acceptors (Lipinski definition) is 3. The molecule has 21 heavy (non-hydrogen) atoms. The van der Waals surface area contributed by atoms with Crippen molar-refractivity contribution >= 4 is 5.82 Å². The molecule has 4 heteroatoms. The van der Waals surface area contributed by atoms with Crippen molar-refractivity contribution < 1.29 is 0 Å². The first kappa shape index (κ1) is 15.3. The number of aromatic nitrogens is 2. The van der Waals surface area contributed by atoms with Crippen LogP contribution in [0.25, 0.3) is 0 Å². The van der Waals surface area contributed by atoms with Gasteiger partial charge in [0.1, 0.15) is 0 Å². The van der Waals surface area contributed by atoms with Crippen LogP contribution in [0.2, 0.25) is 0 Å². The summed E-state index contributed by atoms with van der Waals surface area (Å²) in [6, 6.07) is 10.4. The number of nitrogens with zero attached hydrogens (tertiary/aromatic N) is 2. The minimum absolute atomic E-state index is 0.0499. The van der Waals surface area contributed by atoms with E-state index in [2.05, 4.69) is 43.2 Å². The Labute approximate surface area is 125 Å². The summed E-state index contributed by atoms with van der Waals surface area (Å²) in [7, 11) is 0. The van der Waals surface area contributed by atoms with E-state index in [0.29, 0.717) is 18.3 Å². The average molecular weight is 285 g/mol. The fraction of sp³-hybridized carbons (Fsp3) is 0.412. The second-order valence-corrected chi connectivity index (χ2v) is 5.86. The lowest BCUT2D eigenvalue weighted by atomic mass is 10.1. The van der Waals surface area contributed by atoms with Gasteiger partial charge in [-0.1, -0.05) is 44.2 Å². The van der Waals surface area contributed by atoms with E-state index in [1.54, 1.807) is 17.0 Å².